The molecule has 0 aliphatic heterocycles. The van der Waals surface area contributed by atoms with Gasteiger partial charge in [-0.25, -0.2) is 13.4 Å². The zero-order valence-corrected chi connectivity index (χ0v) is 18.5. The second-order valence-corrected chi connectivity index (χ2v) is 9.90. The monoisotopic (exact) mass is 456 g/mol. The number of allylic oxidation sites excluding steroid dienone is 1. The Morgan fingerprint density at radius 3 is 2.61 bits per heavy atom. The molecule has 164 valence electrons. The van der Waals surface area contributed by atoms with E-state index in [-0.39, 0.29) is 22.3 Å². The Morgan fingerprint density at radius 2 is 1.94 bits per heavy atom. The minimum atomic E-state index is -3.83. The fourth-order valence-corrected chi connectivity index (χ4v) is 4.89. The van der Waals surface area contributed by atoms with Crippen molar-refractivity contribution in [2.45, 2.75) is 30.6 Å². The third kappa shape index (κ3) is 4.41. The lowest BCUT2D eigenvalue weighted by Crippen LogP contribution is -2.13. The van der Waals surface area contributed by atoms with Crippen LogP contribution in [0.1, 0.15) is 35.5 Å². The van der Waals surface area contributed by atoms with Crippen molar-refractivity contribution in [1.82, 2.24) is 9.97 Å². The Morgan fingerprint density at radius 1 is 1.15 bits per heavy atom. The van der Waals surface area contributed by atoms with Gasteiger partial charge in [-0.1, -0.05) is 24.3 Å². The van der Waals surface area contributed by atoms with E-state index in [1.165, 1.54) is 12.1 Å². The van der Waals surface area contributed by atoms with Gasteiger partial charge in [0.05, 0.1) is 5.69 Å². The number of nitriles is 1. The average molecular weight is 457 g/mol. The van der Waals surface area contributed by atoms with E-state index in [2.05, 4.69) is 15.8 Å². The number of pyridine rings is 2. The number of benzene rings is 1. The Bertz CT molecular complexity index is 1420. The molecule has 0 amide bonds. The predicted molar refractivity (Wildman–Crippen MR) is 124 cm³/mol. The number of carbonyl (C=O) groups is 1. The van der Waals surface area contributed by atoms with E-state index in [0.717, 1.165) is 53.5 Å². The highest BCUT2D eigenvalue weighted by atomic mass is 32.2. The Balaban J connectivity index is 1.40. The third-order valence-electron chi connectivity index (χ3n) is 5.78. The van der Waals surface area contributed by atoms with E-state index in [1.54, 1.807) is 12.1 Å². The number of rotatable bonds is 7. The number of nitrogens with zero attached hydrogens (tertiary/aromatic N) is 3. The van der Waals surface area contributed by atoms with E-state index < -0.39 is 10.0 Å². The minimum absolute atomic E-state index is 0.0207. The summed E-state index contributed by atoms with van der Waals surface area (Å²) in [5.41, 5.74) is 5.24. The topological polar surface area (TPSA) is 113 Å². The van der Waals surface area contributed by atoms with Gasteiger partial charge in [-0.2, -0.15) is 5.26 Å². The average Bonchev–Trinajstić information content (AvgIpc) is 3.57. The van der Waals surface area contributed by atoms with Gasteiger partial charge in [0, 0.05) is 41.9 Å². The van der Waals surface area contributed by atoms with Crippen molar-refractivity contribution in [3.63, 3.8) is 0 Å². The van der Waals surface area contributed by atoms with Crippen LogP contribution in [0.3, 0.4) is 0 Å². The Kier molecular flexibility index (Phi) is 5.27. The van der Waals surface area contributed by atoms with Crippen LogP contribution in [0.15, 0.2) is 59.6 Å². The lowest BCUT2D eigenvalue weighted by Gasteiger charge is -2.12. The second-order valence-electron chi connectivity index (χ2n) is 8.22. The van der Waals surface area contributed by atoms with Crippen LogP contribution in [0.5, 0.6) is 0 Å². The van der Waals surface area contributed by atoms with Gasteiger partial charge >= 0.3 is 0 Å². The van der Waals surface area contributed by atoms with Crippen molar-refractivity contribution in [3.8, 4) is 17.2 Å². The number of fused-ring (bicyclic) bond motifs is 1. The number of sulfonamides is 1. The van der Waals surface area contributed by atoms with Crippen molar-refractivity contribution in [2.75, 3.05) is 4.72 Å². The van der Waals surface area contributed by atoms with Crippen molar-refractivity contribution < 1.29 is 13.2 Å². The van der Waals surface area contributed by atoms with Crippen LogP contribution in [0.25, 0.3) is 17.2 Å². The van der Waals surface area contributed by atoms with Gasteiger partial charge in [-0.05, 0) is 54.3 Å². The zero-order chi connectivity index (χ0) is 23.0. The predicted octanol–water partition coefficient (Wildman–Crippen LogP) is 3.91. The fraction of sp³-hybridized carbons (Fsp3) is 0.200. The molecule has 0 unspecified atom stereocenters. The number of carbonyl (C=O) groups excluding carboxylic acids is 1. The molecule has 5 rings (SSSR count). The fourth-order valence-electron chi connectivity index (χ4n) is 3.89. The van der Waals surface area contributed by atoms with Crippen LogP contribution in [0, 0.1) is 17.2 Å². The molecule has 7 nitrogen and oxygen atoms in total. The van der Waals surface area contributed by atoms with E-state index in [0.29, 0.717) is 12.1 Å². The normalized spacial score (nSPS) is 14.5. The number of ketones is 1. The van der Waals surface area contributed by atoms with Crippen LogP contribution in [0.2, 0.25) is 0 Å². The molecule has 1 fully saturated rings. The lowest BCUT2D eigenvalue weighted by molar-refractivity contribution is -0.119. The van der Waals surface area contributed by atoms with Crippen LogP contribution in [0.4, 0.5) is 5.69 Å². The van der Waals surface area contributed by atoms with E-state index in [4.69, 9.17) is 10.2 Å². The minimum Gasteiger partial charge on any atom is -0.299 e. The molecule has 2 aliphatic rings. The third-order valence-corrected chi connectivity index (χ3v) is 7.15. The van der Waals surface area contributed by atoms with Gasteiger partial charge in [0.2, 0.25) is 0 Å². The molecule has 0 saturated heterocycles. The largest absolute Gasteiger partial charge is 0.299 e. The molecule has 8 heteroatoms. The summed E-state index contributed by atoms with van der Waals surface area (Å²) in [6.45, 7) is 0. The first-order chi connectivity index (χ1) is 15.9. The van der Waals surface area contributed by atoms with Gasteiger partial charge in [-0.15, -0.1) is 0 Å². The molecule has 1 N–H and O–H groups in total. The quantitative estimate of drug-likeness (QED) is 0.577. The highest BCUT2D eigenvalue weighted by molar-refractivity contribution is 7.92. The van der Waals surface area contributed by atoms with Crippen molar-refractivity contribution in [3.05, 3.63) is 77.4 Å². The van der Waals surface area contributed by atoms with E-state index in [1.807, 2.05) is 30.3 Å². The molecule has 1 saturated carbocycles. The molecule has 0 radical (unpaired) electrons. The van der Waals surface area contributed by atoms with Crippen LogP contribution in [-0.4, -0.2) is 24.2 Å². The molecule has 33 heavy (non-hydrogen) atoms. The van der Waals surface area contributed by atoms with Gasteiger partial charge in [0.15, 0.2) is 0 Å². The van der Waals surface area contributed by atoms with Gasteiger partial charge < -0.3 is 0 Å². The molecular weight excluding hydrogens is 436 g/mol. The number of nitrogens with one attached hydrogen (secondary N) is 1. The summed E-state index contributed by atoms with van der Waals surface area (Å²) < 4.78 is 27.8. The molecule has 3 aromatic rings. The maximum Gasteiger partial charge on any atom is 0.263 e. The van der Waals surface area contributed by atoms with Gasteiger partial charge in [-0.3, -0.25) is 14.5 Å². The molecule has 0 bridgehead atoms. The summed E-state index contributed by atoms with van der Waals surface area (Å²) in [6, 6.07) is 13.6. The summed E-state index contributed by atoms with van der Waals surface area (Å²) in [4.78, 5) is 20.8. The van der Waals surface area contributed by atoms with Crippen LogP contribution >= 0.6 is 0 Å². The molecule has 2 heterocycles. The summed E-state index contributed by atoms with van der Waals surface area (Å²) in [7, 11) is -3.83. The van der Waals surface area contributed by atoms with Crippen molar-refractivity contribution >= 4 is 27.6 Å². The van der Waals surface area contributed by atoms with Gasteiger partial charge in [0.25, 0.3) is 10.0 Å². The Labute approximate surface area is 191 Å². The SMILES string of the molecule is N#Cc1ccc(S(=O)(=O)Nc2ccc(-c3cc(CC(=O)C4CC4)nc4c3C=CC4)cc2)cn1. The standard InChI is InChI=1S/C25H20N4O3S/c26-14-19-10-11-21(15-27-19)33(31,32)29-18-8-6-16(7-9-18)23-12-20(13-25(30)17-4-5-17)28-24-3-1-2-22(23)24/h1-2,6-12,15,17,29H,3-5,13H2. The Hall–Kier alpha value is -3.83. The first-order valence-electron chi connectivity index (χ1n) is 10.6. The lowest BCUT2D eigenvalue weighted by atomic mass is 9.97. The van der Waals surface area contributed by atoms with Crippen LogP contribution < -0.4 is 4.72 Å². The van der Waals surface area contributed by atoms with Gasteiger partial charge in [0.1, 0.15) is 22.4 Å². The number of anilines is 1. The molecule has 2 aliphatic carbocycles. The molecule has 0 atom stereocenters. The highest BCUT2D eigenvalue weighted by Gasteiger charge is 2.30. The first-order valence-corrected chi connectivity index (χ1v) is 12.1. The van der Waals surface area contributed by atoms with E-state index >= 15 is 0 Å². The summed E-state index contributed by atoms with van der Waals surface area (Å²) in [5, 5.41) is 8.83. The number of hydrogen-bond donors (Lipinski definition) is 1. The second kappa shape index (κ2) is 8.26. The smallest absolute Gasteiger partial charge is 0.263 e. The molecular formula is C25H20N4O3S. The summed E-state index contributed by atoms with van der Waals surface area (Å²) in [5.74, 6) is 0.446. The summed E-state index contributed by atoms with van der Waals surface area (Å²) >= 11 is 0. The van der Waals surface area contributed by atoms with Crippen molar-refractivity contribution in [2.24, 2.45) is 5.92 Å². The zero-order valence-electron chi connectivity index (χ0n) is 17.7. The highest BCUT2D eigenvalue weighted by Crippen LogP contribution is 2.34. The molecule has 0 spiro atoms. The van der Waals surface area contributed by atoms with Crippen LogP contribution in [-0.2, 0) is 27.7 Å². The first kappa shape index (κ1) is 21.0. The number of hydrogen-bond acceptors (Lipinski definition) is 6. The summed E-state index contributed by atoms with van der Waals surface area (Å²) in [6.07, 6.45) is 8.31. The van der Waals surface area contributed by atoms with Crippen molar-refractivity contribution in [1.29, 1.82) is 5.26 Å². The molecule has 1 aromatic carbocycles. The van der Waals surface area contributed by atoms with E-state index in [9.17, 15) is 13.2 Å². The number of Topliss-reactive ketones (excluding diaryl/α,β-unsaturated/α-hetero) is 1. The number of aromatic nitrogens is 2. The maximum atomic E-state index is 12.6. The molecule has 2 aromatic heterocycles. The maximum absolute atomic E-state index is 12.6.